The summed E-state index contributed by atoms with van der Waals surface area (Å²) in [7, 11) is 0. The maximum atomic E-state index is 13.8. The number of likely N-dealkylation sites (tertiary alicyclic amines) is 1. The minimum Gasteiger partial charge on any atom is -0.360 e. The molecule has 1 aromatic carbocycles. The number of amides is 1. The molecule has 4 rings (SSSR count). The van der Waals surface area contributed by atoms with Crippen LogP contribution in [0.3, 0.4) is 0 Å². The Kier molecular flexibility index (Phi) is 4.73. The number of ether oxygens (including phenoxy) is 1. The van der Waals surface area contributed by atoms with Gasteiger partial charge in [0.15, 0.2) is 0 Å². The molecule has 2 aliphatic heterocycles. The number of hydrogen-bond acceptors (Lipinski definition) is 3. The summed E-state index contributed by atoms with van der Waals surface area (Å²) in [6.45, 7) is 4.98. The standard InChI is InChI=1S/C20H26F2N2O2/c1-14-19(25)24(17-3-4-17)13-20(26-14)7-10-23(11-8-20)9-6-15-12-16(21)2-5-18(15)22/h2,5,12,14,17H,3-4,6-11,13H2,1H3. The van der Waals surface area contributed by atoms with Crippen LogP contribution in [-0.2, 0) is 16.0 Å². The van der Waals surface area contributed by atoms with Crippen LogP contribution in [0.1, 0.15) is 38.2 Å². The highest BCUT2D eigenvalue weighted by Gasteiger charge is 2.48. The Morgan fingerprint density at radius 2 is 1.96 bits per heavy atom. The van der Waals surface area contributed by atoms with Gasteiger partial charge in [0, 0.05) is 25.7 Å². The first-order valence-corrected chi connectivity index (χ1v) is 9.60. The SMILES string of the molecule is CC1OC2(CCN(CCc3cc(F)ccc3F)CC2)CN(C2CC2)C1=O. The lowest BCUT2D eigenvalue weighted by molar-refractivity contribution is -0.190. The van der Waals surface area contributed by atoms with Crippen molar-refractivity contribution in [2.45, 2.75) is 56.8 Å². The number of benzene rings is 1. The van der Waals surface area contributed by atoms with Gasteiger partial charge in [-0.3, -0.25) is 4.79 Å². The van der Waals surface area contributed by atoms with Crippen LogP contribution in [0.2, 0.25) is 0 Å². The summed E-state index contributed by atoms with van der Waals surface area (Å²) in [5.41, 5.74) is 0.189. The smallest absolute Gasteiger partial charge is 0.251 e. The van der Waals surface area contributed by atoms with Gasteiger partial charge in [-0.1, -0.05) is 0 Å². The van der Waals surface area contributed by atoms with E-state index in [1.807, 2.05) is 11.8 Å². The van der Waals surface area contributed by atoms with Crippen molar-refractivity contribution in [1.29, 1.82) is 0 Å². The van der Waals surface area contributed by atoms with E-state index in [1.54, 1.807) is 0 Å². The monoisotopic (exact) mass is 364 g/mol. The van der Waals surface area contributed by atoms with Crippen molar-refractivity contribution in [3.8, 4) is 0 Å². The van der Waals surface area contributed by atoms with Crippen molar-refractivity contribution in [1.82, 2.24) is 9.80 Å². The van der Waals surface area contributed by atoms with E-state index in [0.717, 1.165) is 44.8 Å². The zero-order valence-electron chi connectivity index (χ0n) is 15.2. The van der Waals surface area contributed by atoms with Crippen molar-refractivity contribution < 1.29 is 18.3 Å². The van der Waals surface area contributed by atoms with E-state index < -0.39 is 5.82 Å². The van der Waals surface area contributed by atoms with Crippen LogP contribution < -0.4 is 0 Å². The Morgan fingerprint density at radius 1 is 1.23 bits per heavy atom. The molecule has 3 aliphatic rings. The molecule has 1 aromatic rings. The second kappa shape index (κ2) is 6.89. The second-order valence-corrected chi connectivity index (χ2v) is 7.97. The molecule has 0 N–H and O–H groups in total. The van der Waals surface area contributed by atoms with E-state index in [0.29, 0.717) is 31.1 Å². The molecular weight excluding hydrogens is 338 g/mol. The Hall–Kier alpha value is -1.53. The van der Waals surface area contributed by atoms with Crippen LogP contribution in [0.4, 0.5) is 8.78 Å². The molecule has 1 aliphatic carbocycles. The van der Waals surface area contributed by atoms with Crippen molar-refractivity contribution >= 4 is 5.91 Å². The van der Waals surface area contributed by atoms with Crippen LogP contribution in [0.25, 0.3) is 0 Å². The van der Waals surface area contributed by atoms with Crippen LogP contribution in [0.5, 0.6) is 0 Å². The first kappa shape index (κ1) is 17.9. The molecule has 0 radical (unpaired) electrons. The van der Waals surface area contributed by atoms with Gasteiger partial charge in [-0.2, -0.15) is 0 Å². The molecule has 0 aromatic heterocycles. The molecule has 6 heteroatoms. The van der Waals surface area contributed by atoms with Crippen LogP contribution in [0, 0.1) is 11.6 Å². The van der Waals surface area contributed by atoms with Crippen molar-refractivity contribution in [2.75, 3.05) is 26.2 Å². The van der Waals surface area contributed by atoms with Crippen LogP contribution in [-0.4, -0.2) is 59.6 Å². The first-order valence-electron chi connectivity index (χ1n) is 9.60. The molecular formula is C20H26F2N2O2. The van der Waals surface area contributed by atoms with Crippen LogP contribution in [0.15, 0.2) is 18.2 Å². The molecule has 26 heavy (non-hydrogen) atoms. The molecule has 1 spiro atoms. The van der Waals surface area contributed by atoms with E-state index >= 15 is 0 Å². The van der Waals surface area contributed by atoms with E-state index in [1.165, 1.54) is 12.1 Å². The molecule has 2 saturated heterocycles. The number of piperidine rings is 1. The summed E-state index contributed by atoms with van der Waals surface area (Å²) in [6.07, 6.45) is 4.11. The van der Waals surface area contributed by atoms with E-state index in [-0.39, 0.29) is 23.4 Å². The zero-order valence-corrected chi connectivity index (χ0v) is 15.2. The predicted molar refractivity (Wildman–Crippen MR) is 93.7 cm³/mol. The zero-order chi connectivity index (χ0) is 18.3. The summed E-state index contributed by atoms with van der Waals surface area (Å²) in [5.74, 6) is -0.613. The summed E-state index contributed by atoms with van der Waals surface area (Å²) in [4.78, 5) is 16.7. The molecule has 4 nitrogen and oxygen atoms in total. The van der Waals surface area contributed by atoms with Gasteiger partial charge in [0.2, 0.25) is 0 Å². The van der Waals surface area contributed by atoms with Gasteiger partial charge in [0.05, 0.1) is 12.1 Å². The number of halogens is 2. The molecule has 1 saturated carbocycles. The average molecular weight is 364 g/mol. The van der Waals surface area contributed by atoms with Gasteiger partial charge in [-0.15, -0.1) is 0 Å². The van der Waals surface area contributed by atoms with E-state index in [2.05, 4.69) is 4.90 Å². The van der Waals surface area contributed by atoms with Crippen molar-refractivity contribution in [3.05, 3.63) is 35.4 Å². The van der Waals surface area contributed by atoms with Crippen molar-refractivity contribution in [3.63, 3.8) is 0 Å². The maximum absolute atomic E-state index is 13.8. The number of morpholine rings is 1. The minimum absolute atomic E-state index is 0.127. The van der Waals surface area contributed by atoms with Gasteiger partial charge in [0.25, 0.3) is 5.91 Å². The van der Waals surface area contributed by atoms with E-state index in [4.69, 9.17) is 4.74 Å². The molecule has 2 heterocycles. The lowest BCUT2D eigenvalue weighted by Gasteiger charge is -2.49. The summed E-state index contributed by atoms with van der Waals surface area (Å²) < 4.78 is 33.2. The summed E-state index contributed by atoms with van der Waals surface area (Å²) in [6, 6.07) is 4.04. The van der Waals surface area contributed by atoms with Gasteiger partial charge in [0.1, 0.15) is 17.7 Å². The third kappa shape index (κ3) is 3.62. The molecule has 1 unspecified atom stereocenters. The van der Waals surface area contributed by atoms with Gasteiger partial charge in [-0.05, 0) is 62.8 Å². The minimum atomic E-state index is -0.395. The molecule has 142 valence electrons. The third-order valence-electron chi connectivity index (χ3n) is 5.98. The molecule has 1 atom stereocenters. The second-order valence-electron chi connectivity index (χ2n) is 7.97. The average Bonchev–Trinajstić information content (AvgIpc) is 3.45. The third-order valence-corrected chi connectivity index (χ3v) is 5.98. The number of nitrogens with zero attached hydrogens (tertiary/aromatic N) is 2. The van der Waals surface area contributed by atoms with Gasteiger partial charge >= 0.3 is 0 Å². The predicted octanol–water partition coefficient (Wildman–Crippen LogP) is 2.75. The Bertz CT molecular complexity index is 684. The normalized spacial score (nSPS) is 26.5. The molecule has 1 amide bonds. The number of rotatable bonds is 4. The summed E-state index contributed by atoms with van der Waals surface area (Å²) in [5, 5.41) is 0. The van der Waals surface area contributed by atoms with Crippen molar-refractivity contribution in [2.24, 2.45) is 0 Å². The number of carbonyl (C=O) groups excluding carboxylic acids is 1. The fourth-order valence-corrected chi connectivity index (χ4v) is 4.25. The highest BCUT2D eigenvalue weighted by molar-refractivity contribution is 5.82. The Balaban J connectivity index is 1.33. The maximum Gasteiger partial charge on any atom is 0.251 e. The van der Waals surface area contributed by atoms with E-state index in [9.17, 15) is 13.6 Å². The quantitative estimate of drug-likeness (QED) is 0.824. The van der Waals surface area contributed by atoms with Crippen LogP contribution >= 0.6 is 0 Å². The topological polar surface area (TPSA) is 32.8 Å². The van der Waals surface area contributed by atoms with Gasteiger partial charge < -0.3 is 14.5 Å². The largest absolute Gasteiger partial charge is 0.360 e. The highest BCUT2D eigenvalue weighted by atomic mass is 19.1. The first-order chi connectivity index (χ1) is 12.5. The lowest BCUT2D eigenvalue weighted by atomic mass is 9.88. The van der Waals surface area contributed by atoms with Gasteiger partial charge in [-0.25, -0.2) is 8.78 Å². The fourth-order valence-electron chi connectivity index (χ4n) is 4.25. The molecule has 3 fully saturated rings. The fraction of sp³-hybridized carbons (Fsp3) is 0.650. The molecule has 0 bridgehead atoms. The summed E-state index contributed by atoms with van der Waals surface area (Å²) >= 11 is 0. The number of hydrogen-bond donors (Lipinski definition) is 0. The lowest BCUT2D eigenvalue weighted by Crippen LogP contribution is -2.61. The Labute approximate surface area is 153 Å². The highest BCUT2D eigenvalue weighted by Crippen LogP contribution is 2.38. The Morgan fingerprint density at radius 3 is 2.65 bits per heavy atom. The number of carbonyl (C=O) groups is 1.